The fourth-order valence-electron chi connectivity index (χ4n) is 6.81. The zero-order chi connectivity index (χ0) is 37.8. The number of benzene rings is 5. The van der Waals surface area contributed by atoms with Crippen LogP contribution in [0.15, 0.2) is 103 Å². The number of amides is 1. The summed E-state index contributed by atoms with van der Waals surface area (Å²) in [5.41, 5.74) is 8.48. The standard InChI is InChI=1S/C43H38Cl2N4O5.2ClH/c1-49-24-41(31-12-14-34(15-13-31)53-25-28-7-16-35(44)36(45)17-28)54-40-21-33-23-47-37(19-32(33)20-39(40)49)42(50)48-38(43(51)52-2)18-26-3-8-29(9-4-26)30-10-5-27(22-46)6-11-30;;/h3-17,20-21,37-38,41,47H,18-19,23-25H2,1-2H3,(H,48,50);2*1H/t37?,38-,41+;;/m0../s1. The van der Waals surface area contributed by atoms with Crippen molar-refractivity contribution in [2.75, 3.05) is 25.6 Å². The molecular formula is C43H40Cl4N4O5. The number of rotatable bonds is 10. The van der Waals surface area contributed by atoms with Crippen molar-refractivity contribution in [3.63, 3.8) is 0 Å². The molecule has 0 aromatic heterocycles. The molecule has 9 nitrogen and oxygen atoms in total. The van der Waals surface area contributed by atoms with Gasteiger partial charge in [0.05, 0.1) is 47.1 Å². The van der Waals surface area contributed by atoms with Crippen LogP contribution in [0.25, 0.3) is 11.1 Å². The third-order valence-corrected chi connectivity index (χ3v) is 10.6. The molecule has 0 bridgehead atoms. The third kappa shape index (κ3) is 9.70. The average molecular weight is 835 g/mol. The van der Waals surface area contributed by atoms with E-state index in [1.54, 1.807) is 24.3 Å². The SMILES string of the molecule is COC(=O)[C@H](Cc1ccc(-c2ccc(C#N)cc2)cc1)NC(=O)C1Cc2cc3c(cc2CN1)O[C@@H](c1ccc(OCc2ccc(Cl)c(Cl)c2)cc1)CN3C.Cl.Cl. The van der Waals surface area contributed by atoms with Crippen LogP contribution in [0, 0.1) is 11.3 Å². The molecule has 13 heteroatoms. The van der Waals surface area contributed by atoms with Crippen LogP contribution in [-0.2, 0) is 40.3 Å². The molecule has 2 aliphatic heterocycles. The zero-order valence-corrected chi connectivity index (χ0v) is 33.7. The normalized spacial score (nSPS) is 15.9. The molecule has 3 atom stereocenters. The van der Waals surface area contributed by atoms with Crippen LogP contribution in [-0.4, -0.2) is 44.7 Å². The monoisotopic (exact) mass is 832 g/mol. The van der Waals surface area contributed by atoms with Crippen LogP contribution in [0.3, 0.4) is 0 Å². The molecule has 0 radical (unpaired) electrons. The number of methoxy groups -OCH3 is 1. The van der Waals surface area contributed by atoms with Gasteiger partial charge in [-0.15, -0.1) is 24.8 Å². The summed E-state index contributed by atoms with van der Waals surface area (Å²) < 4.78 is 17.6. The number of nitrogens with zero attached hydrogens (tertiary/aromatic N) is 2. The molecule has 2 N–H and O–H groups in total. The fourth-order valence-corrected chi connectivity index (χ4v) is 7.13. The first-order valence-corrected chi connectivity index (χ1v) is 18.3. The van der Waals surface area contributed by atoms with Crippen molar-refractivity contribution in [2.24, 2.45) is 0 Å². The van der Waals surface area contributed by atoms with Crippen LogP contribution < -0.4 is 25.0 Å². The van der Waals surface area contributed by atoms with E-state index in [1.165, 1.54) is 7.11 Å². The molecule has 1 amide bonds. The number of halogens is 4. The Balaban J connectivity index is 0.00000300. The van der Waals surface area contributed by atoms with Crippen molar-refractivity contribution < 1.29 is 23.8 Å². The number of likely N-dealkylation sites (N-methyl/N-ethyl adjacent to an activating group) is 1. The molecule has 7 rings (SSSR count). The highest BCUT2D eigenvalue weighted by Crippen LogP contribution is 2.40. The number of hydrogen-bond acceptors (Lipinski definition) is 8. The molecule has 1 unspecified atom stereocenters. The average Bonchev–Trinajstić information content (AvgIpc) is 3.20. The van der Waals surface area contributed by atoms with Gasteiger partial charge in [-0.3, -0.25) is 4.79 Å². The van der Waals surface area contributed by atoms with Crippen LogP contribution in [0.1, 0.15) is 39.5 Å². The van der Waals surface area contributed by atoms with Gasteiger partial charge in [0.1, 0.15) is 30.3 Å². The van der Waals surface area contributed by atoms with Crippen LogP contribution in [0.2, 0.25) is 10.0 Å². The summed E-state index contributed by atoms with van der Waals surface area (Å²) in [4.78, 5) is 28.6. The Bertz CT molecular complexity index is 2210. The minimum absolute atomic E-state index is 0. The number of ether oxygens (including phenoxy) is 3. The van der Waals surface area contributed by atoms with Gasteiger partial charge in [0.25, 0.3) is 0 Å². The molecule has 0 saturated heterocycles. The Morgan fingerprint density at radius 1 is 0.911 bits per heavy atom. The number of anilines is 1. The van der Waals surface area contributed by atoms with Gasteiger partial charge in [0.2, 0.25) is 5.91 Å². The van der Waals surface area contributed by atoms with E-state index in [-0.39, 0.29) is 43.2 Å². The summed E-state index contributed by atoms with van der Waals surface area (Å²) in [6, 6.07) is 33.4. The molecule has 2 aliphatic rings. The maximum Gasteiger partial charge on any atom is 0.328 e. The number of carbonyl (C=O) groups is 2. The van der Waals surface area contributed by atoms with E-state index >= 15 is 0 Å². The second kappa shape index (κ2) is 18.8. The molecule has 0 aliphatic carbocycles. The van der Waals surface area contributed by atoms with E-state index in [2.05, 4.69) is 33.7 Å². The molecular weight excluding hydrogens is 794 g/mol. The lowest BCUT2D eigenvalue weighted by atomic mass is 9.93. The number of nitriles is 1. The summed E-state index contributed by atoms with van der Waals surface area (Å²) in [6.45, 7) is 1.49. The second-order valence-electron chi connectivity index (χ2n) is 13.5. The number of fused-ring (bicyclic) bond motifs is 2. The van der Waals surface area contributed by atoms with Crippen LogP contribution >= 0.6 is 48.0 Å². The van der Waals surface area contributed by atoms with Gasteiger partial charge in [-0.05, 0) is 93.9 Å². The quantitative estimate of drug-likeness (QED) is 0.135. The smallest absolute Gasteiger partial charge is 0.328 e. The molecule has 0 saturated carbocycles. The van der Waals surface area contributed by atoms with E-state index in [0.717, 1.165) is 56.1 Å². The zero-order valence-electron chi connectivity index (χ0n) is 30.6. The minimum Gasteiger partial charge on any atom is -0.489 e. The lowest BCUT2D eigenvalue weighted by Gasteiger charge is -2.36. The fraction of sp³-hybridized carbons (Fsp3) is 0.233. The van der Waals surface area contributed by atoms with E-state index in [0.29, 0.717) is 41.7 Å². The predicted octanol–water partition coefficient (Wildman–Crippen LogP) is 8.44. The summed E-state index contributed by atoms with van der Waals surface area (Å²) in [5.74, 6) is 0.745. The van der Waals surface area contributed by atoms with Crippen molar-refractivity contribution in [3.8, 4) is 28.7 Å². The second-order valence-corrected chi connectivity index (χ2v) is 14.3. The molecule has 0 spiro atoms. The molecule has 5 aromatic carbocycles. The Hall–Kier alpha value is -4.95. The van der Waals surface area contributed by atoms with Gasteiger partial charge in [-0.2, -0.15) is 5.26 Å². The first kappa shape index (κ1) is 42.2. The molecule has 2 heterocycles. The lowest BCUT2D eigenvalue weighted by Crippen LogP contribution is -2.53. The van der Waals surface area contributed by atoms with Gasteiger partial charge in [0, 0.05) is 20.0 Å². The van der Waals surface area contributed by atoms with E-state index in [1.807, 2.05) is 73.8 Å². The van der Waals surface area contributed by atoms with Crippen molar-refractivity contribution in [1.82, 2.24) is 10.6 Å². The third-order valence-electron chi connectivity index (χ3n) is 9.87. The van der Waals surface area contributed by atoms with E-state index in [9.17, 15) is 9.59 Å². The first-order valence-electron chi connectivity index (χ1n) is 17.6. The van der Waals surface area contributed by atoms with Crippen molar-refractivity contribution in [3.05, 3.63) is 147 Å². The molecule has 0 fully saturated rings. The van der Waals surface area contributed by atoms with Crippen molar-refractivity contribution in [1.29, 1.82) is 5.26 Å². The molecule has 5 aromatic rings. The Morgan fingerprint density at radius 3 is 2.25 bits per heavy atom. The topological polar surface area (TPSA) is 113 Å². The van der Waals surface area contributed by atoms with Gasteiger partial charge in [-0.1, -0.05) is 77.8 Å². The Labute approximate surface area is 348 Å². The lowest BCUT2D eigenvalue weighted by molar-refractivity contribution is -0.145. The molecule has 290 valence electrons. The van der Waals surface area contributed by atoms with Gasteiger partial charge in [-0.25, -0.2) is 4.79 Å². The largest absolute Gasteiger partial charge is 0.489 e. The number of esters is 1. The highest BCUT2D eigenvalue weighted by molar-refractivity contribution is 6.42. The summed E-state index contributed by atoms with van der Waals surface area (Å²) in [6.07, 6.45) is 0.561. The van der Waals surface area contributed by atoms with Crippen molar-refractivity contribution >= 4 is 65.6 Å². The summed E-state index contributed by atoms with van der Waals surface area (Å²) in [7, 11) is 3.36. The van der Waals surface area contributed by atoms with E-state index < -0.39 is 18.1 Å². The van der Waals surface area contributed by atoms with Crippen LogP contribution in [0.4, 0.5) is 5.69 Å². The predicted molar refractivity (Wildman–Crippen MR) is 223 cm³/mol. The maximum atomic E-state index is 13.6. The number of hydrogen-bond donors (Lipinski definition) is 2. The molecule has 56 heavy (non-hydrogen) atoms. The Kier molecular flexibility index (Phi) is 14.2. The number of carbonyl (C=O) groups excluding carboxylic acids is 2. The first-order chi connectivity index (χ1) is 26.2. The summed E-state index contributed by atoms with van der Waals surface area (Å²) in [5, 5.41) is 16.4. The van der Waals surface area contributed by atoms with Crippen LogP contribution in [0.5, 0.6) is 11.5 Å². The minimum atomic E-state index is -0.852. The summed E-state index contributed by atoms with van der Waals surface area (Å²) >= 11 is 12.2. The van der Waals surface area contributed by atoms with Crippen molar-refractivity contribution in [2.45, 2.75) is 44.2 Å². The van der Waals surface area contributed by atoms with Gasteiger partial charge < -0.3 is 29.7 Å². The van der Waals surface area contributed by atoms with Gasteiger partial charge in [0.15, 0.2) is 0 Å². The van der Waals surface area contributed by atoms with Gasteiger partial charge >= 0.3 is 5.97 Å². The Morgan fingerprint density at radius 2 is 1.59 bits per heavy atom. The maximum absolute atomic E-state index is 13.6. The highest BCUT2D eigenvalue weighted by Gasteiger charge is 2.32. The van der Waals surface area contributed by atoms with E-state index in [4.69, 9.17) is 42.7 Å². The highest BCUT2D eigenvalue weighted by atomic mass is 35.5. The number of nitrogens with one attached hydrogen (secondary N) is 2.